The van der Waals surface area contributed by atoms with Crippen molar-refractivity contribution in [2.45, 2.75) is 26.7 Å². The topological polar surface area (TPSA) is 69.6 Å². The van der Waals surface area contributed by atoms with E-state index in [4.69, 9.17) is 11.6 Å². The van der Waals surface area contributed by atoms with Gasteiger partial charge >= 0.3 is 0 Å². The van der Waals surface area contributed by atoms with Crippen LogP contribution >= 0.6 is 11.6 Å². The third-order valence-electron chi connectivity index (χ3n) is 6.58. The molecule has 0 spiro atoms. The first kappa shape index (κ1) is 26.6. The van der Waals surface area contributed by atoms with E-state index in [9.17, 15) is 9.59 Å². The third-order valence-corrected chi connectivity index (χ3v) is 6.91. The highest BCUT2D eigenvalue weighted by Gasteiger charge is 2.25. The summed E-state index contributed by atoms with van der Waals surface area (Å²) in [5.74, 6) is 1.11. The highest BCUT2D eigenvalue weighted by molar-refractivity contribution is 6.33. The van der Waals surface area contributed by atoms with E-state index in [2.05, 4.69) is 28.9 Å². The molecule has 4 rings (SSSR count). The van der Waals surface area contributed by atoms with Crippen LogP contribution in [0.2, 0.25) is 5.02 Å². The van der Waals surface area contributed by atoms with Gasteiger partial charge < -0.3 is 14.7 Å². The van der Waals surface area contributed by atoms with E-state index in [-0.39, 0.29) is 18.4 Å². The van der Waals surface area contributed by atoms with Gasteiger partial charge in [-0.05, 0) is 49.1 Å². The largest absolute Gasteiger partial charge is 0.353 e. The van der Waals surface area contributed by atoms with Crippen molar-refractivity contribution in [3.63, 3.8) is 0 Å². The van der Waals surface area contributed by atoms with E-state index in [1.807, 2.05) is 59.5 Å². The molecule has 2 heterocycles. The van der Waals surface area contributed by atoms with Gasteiger partial charge in [0.1, 0.15) is 6.54 Å². The fourth-order valence-electron chi connectivity index (χ4n) is 4.40. The SMILES string of the molecule is CC(C)CCN(CC(=O)N1CCCN(c2ccc(-c3ccccc3Cl)nn2)CC1)C(=O)c1ccccc1. The summed E-state index contributed by atoms with van der Waals surface area (Å²) in [5, 5.41) is 9.47. The average Bonchev–Trinajstić information content (AvgIpc) is 3.18. The lowest BCUT2D eigenvalue weighted by Gasteiger charge is -2.27. The molecule has 0 unspecified atom stereocenters. The van der Waals surface area contributed by atoms with Crippen molar-refractivity contribution in [1.29, 1.82) is 0 Å². The lowest BCUT2D eigenvalue weighted by Crippen LogP contribution is -2.44. The van der Waals surface area contributed by atoms with Crippen molar-refractivity contribution < 1.29 is 9.59 Å². The van der Waals surface area contributed by atoms with Gasteiger partial charge in [0.05, 0.1) is 10.7 Å². The third kappa shape index (κ3) is 7.07. The van der Waals surface area contributed by atoms with Gasteiger partial charge in [0.15, 0.2) is 5.82 Å². The van der Waals surface area contributed by atoms with Gasteiger partial charge in [0.2, 0.25) is 5.91 Å². The lowest BCUT2D eigenvalue weighted by molar-refractivity contribution is -0.131. The second-order valence-corrected chi connectivity index (χ2v) is 10.2. The molecular formula is C29H34ClN5O2. The Kier molecular flexibility index (Phi) is 9.12. The fraction of sp³-hybridized carbons (Fsp3) is 0.379. The van der Waals surface area contributed by atoms with Crippen LogP contribution in [0.1, 0.15) is 37.0 Å². The minimum Gasteiger partial charge on any atom is -0.353 e. The Hall–Kier alpha value is -3.45. The molecule has 0 radical (unpaired) electrons. The Morgan fingerprint density at radius 3 is 2.38 bits per heavy atom. The second kappa shape index (κ2) is 12.7. The number of anilines is 1. The van der Waals surface area contributed by atoms with E-state index in [0.29, 0.717) is 42.7 Å². The van der Waals surface area contributed by atoms with E-state index in [0.717, 1.165) is 36.5 Å². The summed E-state index contributed by atoms with van der Waals surface area (Å²) in [5.41, 5.74) is 2.19. The minimum atomic E-state index is -0.0973. The lowest BCUT2D eigenvalue weighted by atomic mass is 10.1. The highest BCUT2D eigenvalue weighted by atomic mass is 35.5. The van der Waals surface area contributed by atoms with Crippen molar-refractivity contribution in [3.8, 4) is 11.3 Å². The first-order valence-corrected chi connectivity index (χ1v) is 13.3. The molecular weight excluding hydrogens is 486 g/mol. The summed E-state index contributed by atoms with van der Waals surface area (Å²) >= 11 is 6.30. The van der Waals surface area contributed by atoms with Gasteiger partial charge in [0, 0.05) is 43.9 Å². The van der Waals surface area contributed by atoms with E-state index >= 15 is 0 Å². The smallest absolute Gasteiger partial charge is 0.254 e. The second-order valence-electron chi connectivity index (χ2n) is 9.75. The molecule has 7 nitrogen and oxygen atoms in total. The van der Waals surface area contributed by atoms with Crippen molar-refractivity contribution >= 4 is 29.2 Å². The Bertz CT molecular complexity index is 1190. The van der Waals surface area contributed by atoms with Crippen LogP contribution in [0.25, 0.3) is 11.3 Å². The molecule has 37 heavy (non-hydrogen) atoms. The molecule has 1 aromatic heterocycles. The number of halogens is 1. The maximum atomic E-state index is 13.3. The van der Waals surface area contributed by atoms with E-state index < -0.39 is 0 Å². The Balaban J connectivity index is 1.38. The maximum absolute atomic E-state index is 13.3. The van der Waals surface area contributed by atoms with Crippen LogP contribution in [-0.4, -0.2) is 71.1 Å². The van der Waals surface area contributed by atoms with Crippen LogP contribution in [0.5, 0.6) is 0 Å². The predicted octanol–water partition coefficient (Wildman–Crippen LogP) is 5.02. The molecule has 0 atom stereocenters. The molecule has 0 saturated carbocycles. The number of aromatic nitrogens is 2. The van der Waals surface area contributed by atoms with Gasteiger partial charge in [-0.1, -0.05) is 61.8 Å². The zero-order chi connectivity index (χ0) is 26.2. The minimum absolute atomic E-state index is 0.0185. The molecule has 2 aromatic carbocycles. The number of benzene rings is 2. The molecule has 2 amide bonds. The van der Waals surface area contributed by atoms with Gasteiger partial charge in [-0.2, -0.15) is 0 Å². The summed E-state index contributed by atoms with van der Waals surface area (Å²) < 4.78 is 0. The number of carbonyl (C=O) groups excluding carboxylic acids is 2. The molecule has 194 valence electrons. The highest BCUT2D eigenvalue weighted by Crippen LogP contribution is 2.26. The average molecular weight is 520 g/mol. The molecule has 1 aliphatic heterocycles. The Morgan fingerprint density at radius 2 is 1.68 bits per heavy atom. The van der Waals surface area contributed by atoms with Crippen LogP contribution < -0.4 is 4.90 Å². The summed E-state index contributed by atoms with van der Waals surface area (Å²) in [7, 11) is 0. The van der Waals surface area contributed by atoms with Crippen molar-refractivity contribution in [2.24, 2.45) is 5.92 Å². The monoisotopic (exact) mass is 519 g/mol. The molecule has 8 heteroatoms. The normalized spacial score (nSPS) is 13.9. The van der Waals surface area contributed by atoms with Crippen LogP contribution in [0.15, 0.2) is 66.7 Å². The standard InChI is InChI=1S/C29H34ClN5O2/c1-22(2)15-18-35(29(37)23-9-4-3-5-10-23)21-28(36)34-17-8-16-33(19-20-34)27-14-13-26(31-32-27)24-11-6-7-12-25(24)30/h3-7,9-14,22H,8,15-21H2,1-2H3. The van der Waals surface area contributed by atoms with Crippen LogP contribution in [0.4, 0.5) is 5.82 Å². The first-order chi connectivity index (χ1) is 17.9. The molecule has 0 N–H and O–H groups in total. The van der Waals surface area contributed by atoms with Gasteiger partial charge in [0.25, 0.3) is 5.91 Å². The number of hydrogen-bond acceptors (Lipinski definition) is 5. The summed E-state index contributed by atoms with van der Waals surface area (Å²) in [6.07, 6.45) is 1.67. The van der Waals surface area contributed by atoms with Crippen molar-refractivity contribution in [3.05, 3.63) is 77.3 Å². The number of rotatable bonds is 8. The zero-order valence-corrected chi connectivity index (χ0v) is 22.3. The van der Waals surface area contributed by atoms with Gasteiger partial charge in [-0.3, -0.25) is 9.59 Å². The molecule has 0 bridgehead atoms. The number of carbonyl (C=O) groups is 2. The first-order valence-electron chi connectivity index (χ1n) is 12.9. The van der Waals surface area contributed by atoms with Crippen molar-refractivity contribution in [2.75, 3.05) is 44.2 Å². The van der Waals surface area contributed by atoms with Crippen LogP contribution in [0.3, 0.4) is 0 Å². The maximum Gasteiger partial charge on any atom is 0.254 e. The van der Waals surface area contributed by atoms with Gasteiger partial charge in [-0.25, -0.2) is 0 Å². The van der Waals surface area contributed by atoms with E-state index in [1.54, 1.807) is 17.0 Å². The van der Waals surface area contributed by atoms with Gasteiger partial charge in [-0.15, -0.1) is 10.2 Å². The Labute approximate surface area is 224 Å². The van der Waals surface area contributed by atoms with Crippen molar-refractivity contribution in [1.82, 2.24) is 20.0 Å². The Morgan fingerprint density at radius 1 is 0.919 bits per heavy atom. The molecule has 3 aromatic rings. The van der Waals surface area contributed by atoms with Crippen LogP contribution in [0, 0.1) is 5.92 Å². The van der Waals surface area contributed by atoms with E-state index in [1.165, 1.54) is 0 Å². The number of hydrogen-bond donors (Lipinski definition) is 0. The van der Waals surface area contributed by atoms with Crippen LogP contribution in [-0.2, 0) is 4.79 Å². The predicted molar refractivity (Wildman–Crippen MR) is 148 cm³/mol. The molecule has 0 aliphatic carbocycles. The number of nitrogens with zero attached hydrogens (tertiary/aromatic N) is 5. The zero-order valence-electron chi connectivity index (χ0n) is 21.5. The molecule has 1 fully saturated rings. The summed E-state index contributed by atoms with van der Waals surface area (Å²) in [6.45, 7) is 7.56. The molecule has 1 saturated heterocycles. The summed E-state index contributed by atoms with van der Waals surface area (Å²) in [4.78, 5) is 32.2. The molecule has 1 aliphatic rings. The number of amides is 2. The fourth-order valence-corrected chi connectivity index (χ4v) is 4.63. The quantitative estimate of drug-likeness (QED) is 0.418. The summed E-state index contributed by atoms with van der Waals surface area (Å²) in [6, 6.07) is 20.7.